The lowest BCUT2D eigenvalue weighted by Crippen LogP contribution is -2.12. The second-order valence-corrected chi connectivity index (χ2v) is 7.88. The monoisotopic (exact) mass is 425 g/mol. The number of fused-ring (bicyclic) bond motifs is 1. The van der Waals surface area contributed by atoms with Gasteiger partial charge in [-0.2, -0.15) is 0 Å². The summed E-state index contributed by atoms with van der Waals surface area (Å²) in [5, 5.41) is 11.4. The fraction of sp³-hybridized carbons (Fsp3) is 0.200. The Kier molecular flexibility index (Phi) is 5.77. The highest BCUT2D eigenvalue weighted by Crippen LogP contribution is 2.31. The second kappa shape index (κ2) is 8.62. The van der Waals surface area contributed by atoms with Gasteiger partial charge in [-0.3, -0.25) is 13.8 Å². The topological polar surface area (TPSA) is 74.3 Å². The van der Waals surface area contributed by atoms with E-state index in [0.717, 1.165) is 22.3 Å². The number of ether oxygens (including phenoxy) is 1. The maximum atomic E-state index is 12.2. The highest BCUT2D eigenvalue weighted by atomic mass is 32.2. The lowest BCUT2D eigenvalue weighted by molar-refractivity contribution is 0.341. The van der Waals surface area contributed by atoms with Gasteiger partial charge < -0.3 is 4.74 Å². The number of thioether (sulfide) groups is 1. The molecule has 0 aliphatic rings. The van der Waals surface area contributed by atoms with Gasteiger partial charge in [0, 0.05) is 29.9 Å². The van der Waals surface area contributed by atoms with Gasteiger partial charge in [0.05, 0.1) is 17.9 Å². The summed E-state index contributed by atoms with van der Waals surface area (Å²) >= 11 is 2.93. The zero-order chi connectivity index (χ0) is 20.2. The van der Waals surface area contributed by atoms with Crippen molar-refractivity contribution in [1.29, 1.82) is 0 Å². The lowest BCUT2D eigenvalue weighted by atomic mass is 10.2. The number of thiazole rings is 1. The summed E-state index contributed by atoms with van der Waals surface area (Å²) < 4.78 is 9.29. The quantitative estimate of drug-likeness (QED) is 0.315. The van der Waals surface area contributed by atoms with Crippen molar-refractivity contribution in [3.05, 3.63) is 70.6 Å². The van der Waals surface area contributed by atoms with Crippen LogP contribution in [0.4, 0.5) is 0 Å². The van der Waals surface area contributed by atoms with E-state index >= 15 is 0 Å². The second-order valence-electron chi connectivity index (χ2n) is 6.06. The number of nitrogens with zero attached hydrogens (tertiary/aromatic N) is 5. The zero-order valence-corrected chi connectivity index (χ0v) is 17.4. The number of aromatic nitrogens is 5. The molecule has 29 heavy (non-hydrogen) atoms. The first-order chi connectivity index (χ1) is 14.2. The predicted octanol–water partition coefficient (Wildman–Crippen LogP) is 3.89. The summed E-state index contributed by atoms with van der Waals surface area (Å²) in [7, 11) is 0. The third kappa shape index (κ3) is 3.96. The first-order valence-corrected chi connectivity index (χ1v) is 10.9. The van der Waals surface area contributed by atoms with Crippen molar-refractivity contribution < 1.29 is 4.74 Å². The normalized spacial score (nSPS) is 11.1. The van der Waals surface area contributed by atoms with E-state index in [2.05, 4.69) is 21.8 Å². The fourth-order valence-electron chi connectivity index (χ4n) is 2.92. The van der Waals surface area contributed by atoms with Gasteiger partial charge in [0.25, 0.3) is 5.56 Å². The van der Waals surface area contributed by atoms with Gasteiger partial charge in [0.15, 0.2) is 15.9 Å². The van der Waals surface area contributed by atoms with Crippen molar-refractivity contribution in [1.82, 2.24) is 24.1 Å². The molecule has 0 saturated heterocycles. The average molecular weight is 426 g/mol. The predicted molar refractivity (Wildman–Crippen MR) is 116 cm³/mol. The molecule has 7 nitrogen and oxygen atoms in total. The molecule has 4 rings (SSSR count). The first kappa shape index (κ1) is 19.4. The van der Waals surface area contributed by atoms with Crippen LogP contribution < -0.4 is 10.3 Å². The molecule has 3 aromatic heterocycles. The largest absolute Gasteiger partial charge is 0.493 e. The minimum absolute atomic E-state index is 0.0780. The van der Waals surface area contributed by atoms with Crippen molar-refractivity contribution in [2.24, 2.45) is 0 Å². The molecule has 0 bridgehead atoms. The van der Waals surface area contributed by atoms with Crippen molar-refractivity contribution in [3.8, 4) is 17.1 Å². The minimum Gasteiger partial charge on any atom is -0.493 e. The van der Waals surface area contributed by atoms with Gasteiger partial charge in [0.1, 0.15) is 5.75 Å². The Morgan fingerprint density at radius 1 is 1.31 bits per heavy atom. The van der Waals surface area contributed by atoms with Crippen LogP contribution in [-0.2, 0) is 12.3 Å². The van der Waals surface area contributed by atoms with Crippen LogP contribution in [-0.4, -0.2) is 30.8 Å². The van der Waals surface area contributed by atoms with Gasteiger partial charge in [-0.05, 0) is 19.1 Å². The van der Waals surface area contributed by atoms with E-state index in [-0.39, 0.29) is 5.56 Å². The van der Waals surface area contributed by atoms with Crippen LogP contribution in [0, 0.1) is 0 Å². The van der Waals surface area contributed by atoms with Crippen LogP contribution in [0.25, 0.3) is 16.3 Å². The summed E-state index contributed by atoms with van der Waals surface area (Å²) in [5.74, 6) is 2.01. The van der Waals surface area contributed by atoms with Gasteiger partial charge in [-0.25, -0.2) is 4.98 Å². The lowest BCUT2D eigenvalue weighted by Gasteiger charge is -2.11. The van der Waals surface area contributed by atoms with Crippen LogP contribution in [0.3, 0.4) is 0 Å². The molecule has 0 aliphatic heterocycles. The third-order valence-electron chi connectivity index (χ3n) is 4.16. The van der Waals surface area contributed by atoms with E-state index < -0.39 is 0 Å². The van der Waals surface area contributed by atoms with Crippen LogP contribution in [0.2, 0.25) is 0 Å². The summed E-state index contributed by atoms with van der Waals surface area (Å²) in [6, 6.07) is 9.34. The molecule has 0 amide bonds. The van der Waals surface area contributed by atoms with E-state index in [4.69, 9.17) is 4.74 Å². The molecule has 0 fully saturated rings. The molecule has 148 valence electrons. The van der Waals surface area contributed by atoms with Crippen LogP contribution in [0.1, 0.15) is 12.6 Å². The van der Waals surface area contributed by atoms with E-state index in [0.29, 0.717) is 29.6 Å². The summed E-state index contributed by atoms with van der Waals surface area (Å²) in [6.45, 7) is 6.94. The molecular weight excluding hydrogens is 406 g/mol. The van der Waals surface area contributed by atoms with Crippen LogP contribution in [0.5, 0.6) is 5.75 Å². The van der Waals surface area contributed by atoms with Crippen molar-refractivity contribution in [3.63, 3.8) is 0 Å². The minimum atomic E-state index is -0.0780. The summed E-state index contributed by atoms with van der Waals surface area (Å²) in [6.07, 6.45) is 3.54. The SMILES string of the molecule is C=CCn1c(SCc2cc(=O)n3ccsc3n2)nnc1-c1ccccc1OCC. The molecule has 1 aromatic carbocycles. The Morgan fingerprint density at radius 3 is 3.00 bits per heavy atom. The zero-order valence-electron chi connectivity index (χ0n) is 15.8. The van der Waals surface area contributed by atoms with Crippen molar-refractivity contribution in [2.45, 2.75) is 24.4 Å². The van der Waals surface area contributed by atoms with E-state index in [1.165, 1.54) is 23.1 Å². The number of hydrogen-bond acceptors (Lipinski definition) is 7. The number of allylic oxidation sites excluding steroid dienone is 1. The molecule has 0 spiro atoms. The molecule has 0 unspecified atom stereocenters. The molecule has 9 heteroatoms. The molecule has 0 aliphatic carbocycles. The number of benzene rings is 1. The highest BCUT2D eigenvalue weighted by Gasteiger charge is 2.17. The van der Waals surface area contributed by atoms with Gasteiger partial charge in [0.2, 0.25) is 0 Å². The van der Waals surface area contributed by atoms with E-state index in [1.54, 1.807) is 16.7 Å². The molecule has 0 saturated carbocycles. The molecule has 0 atom stereocenters. The molecule has 4 aromatic rings. The first-order valence-electron chi connectivity index (χ1n) is 9.06. The fourth-order valence-corrected chi connectivity index (χ4v) is 4.50. The van der Waals surface area contributed by atoms with Crippen molar-refractivity contribution >= 4 is 28.1 Å². The number of rotatable bonds is 8. The van der Waals surface area contributed by atoms with Crippen molar-refractivity contribution in [2.75, 3.05) is 6.61 Å². The molecule has 3 heterocycles. The van der Waals surface area contributed by atoms with Crippen LogP contribution in [0.15, 0.2) is 64.5 Å². The molecular formula is C20H19N5O2S2. The average Bonchev–Trinajstić information content (AvgIpc) is 3.35. The summed E-state index contributed by atoms with van der Waals surface area (Å²) in [5.41, 5.74) is 1.52. The Morgan fingerprint density at radius 2 is 2.17 bits per heavy atom. The maximum absolute atomic E-state index is 12.2. The Hall–Kier alpha value is -2.91. The van der Waals surface area contributed by atoms with E-state index in [1.807, 2.05) is 47.2 Å². The molecule has 0 radical (unpaired) electrons. The summed E-state index contributed by atoms with van der Waals surface area (Å²) in [4.78, 5) is 17.4. The third-order valence-corrected chi connectivity index (χ3v) is 5.92. The Balaban J connectivity index is 1.64. The molecule has 0 N–H and O–H groups in total. The van der Waals surface area contributed by atoms with Crippen LogP contribution >= 0.6 is 23.1 Å². The number of para-hydroxylation sites is 1. The standard InChI is InChI=1S/C20H19N5O2S2/c1-3-9-25-18(15-7-5-6-8-16(15)27-4-2)22-23-20(25)29-13-14-12-17(26)24-10-11-28-19(24)21-14/h3,5-8,10-12H,1,4,9,13H2,2H3. The van der Waals surface area contributed by atoms with Gasteiger partial charge in [-0.1, -0.05) is 30.0 Å². The Labute approximate surface area is 175 Å². The number of hydrogen-bond donors (Lipinski definition) is 0. The highest BCUT2D eigenvalue weighted by molar-refractivity contribution is 7.98. The van der Waals surface area contributed by atoms with Gasteiger partial charge in [-0.15, -0.1) is 28.1 Å². The Bertz CT molecular complexity index is 1210. The van der Waals surface area contributed by atoms with Gasteiger partial charge >= 0.3 is 0 Å². The van der Waals surface area contributed by atoms with E-state index in [9.17, 15) is 4.79 Å². The maximum Gasteiger partial charge on any atom is 0.258 e. The smallest absolute Gasteiger partial charge is 0.258 e.